The number of alkyl halides is 3. The Morgan fingerprint density at radius 2 is 1.78 bits per heavy atom. The molecule has 0 spiro atoms. The van der Waals surface area contributed by atoms with E-state index in [4.69, 9.17) is 25.6 Å². The second-order valence-corrected chi connectivity index (χ2v) is 15.7. The highest BCUT2D eigenvalue weighted by Gasteiger charge is 2.53. The van der Waals surface area contributed by atoms with Gasteiger partial charge in [-0.05, 0) is 75.6 Å². The Bertz CT molecular complexity index is 2380. The van der Waals surface area contributed by atoms with Crippen LogP contribution in [0.3, 0.4) is 0 Å². The third-order valence-corrected chi connectivity index (χ3v) is 12.0. The van der Waals surface area contributed by atoms with E-state index in [0.29, 0.717) is 24.6 Å². The van der Waals surface area contributed by atoms with Gasteiger partial charge >= 0.3 is 24.2 Å². The standard InChI is InChI=1S/C41H42F5N7O6/c1-5-27-29(42)11-8-22-16-26(54)17-28(30(22)27)33-32(43)34-31(36(47-33)57-6-2)35(51-18-23-9-10-24(19-51)53(23)37(55)41(44,45)46)49-38(48-34)59-21-40-13-7-15-52(40)25(12-14-40)20-58-39(56)50(3)4/h1,8,11,16-17,23-25,54H,6-7,9-10,12-15,18-21H2,2-4H3/t23?,24?,25-,40-/m1/s1. The number of nitrogens with zero attached hydrogens (tertiary/aromatic N) is 7. The van der Waals surface area contributed by atoms with Crippen molar-refractivity contribution < 1.29 is 50.9 Å². The highest BCUT2D eigenvalue weighted by Crippen LogP contribution is 2.46. The van der Waals surface area contributed by atoms with Gasteiger partial charge in [0.1, 0.15) is 47.2 Å². The first-order valence-electron chi connectivity index (χ1n) is 19.5. The van der Waals surface area contributed by atoms with Crippen molar-refractivity contribution in [3.05, 3.63) is 41.5 Å². The molecular formula is C41H42F5N7O6. The lowest BCUT2D eigenvalue weighted by atomic mass is 9.95. The van der Waals surface area contributed by atoms with E-state index in [1.807, 2.05) is 0 Å². The summed E-state index contributed by atoms with van der Waals surface area (Å²) in [7, 11) is 3.21. The monoisotopic (exact) mass is 823 g/mol. The largest absolute Gasteiger partial charge is 0.508 e. The van der Waals surface area contributed by atoms with Gasteiger partial charge in [-0.2, -0.15) is 23.1 Å². The molecule has 2 unspecified atom stereocenters. The normalized spacial score (nSPS) is 22.8. The van der Waals surface area contributed by atoms with Gasteiger partial charge in [-0.25, -0.2) is 18.6 Å². The quantitative estimate of drug-likeness (QED) is 0.157. The van der Waals surface area contributed by atoms with Crippen LogP contribution in [0, 0.1) is 24.0 Å². The number of benzene rings is 2. The minimum Gasteiger partial charge on any atom is -0.508 e. The van der Waals surface area contributed by atoms with Crippen LogP contribution in [0.4, 0.5) is 32.6 Å². The minimum absolute atomic E-state index is 0.00700. The minimum atomic E-state index is -5.06. The summed E-state index contributed by atoms with van der Waals surface area (Å²) in [5.41, 5.74) is -1.37. The van der Waals surface area contributed by atoms with Gasteiger partial charge in [0.25, 0.3) is 0 Å². The van der Waals surface area contributed by atoms with Gasteiger partial charge in [0.05, 0.1) is 29.8 Å². The highest BCUT2D eigenvalue weighted by atomic mass is 19.4. The van der Waals surface area contributed by atoms with Crippen molar-refractivity contribution in [1.29, 1.82) is 0 Å². The van der Waals surface area contributed by atoms with Gasteiger partial charge in [-0.15, -0.1) is 6.42 Å². The average Bonchev–Trinajstić information content (AvgIpc) is 3.85. The van der Waals surface area contributed by atoms with Crippen LogP contribution in [0.2, 0.25) is 0 Å². The number of halogens is 5. The fraction of sp³-hybridized carbons (Fsp3) is 0.488. The zero-order chi connectivity index (χ0) is 42.0. The zero-order valence-corrected chi connectivity index (χ0v) is 32.6. The summed E-state index contributed by atoms with van der Waals surface area (Å²) in [5.74, 6) is -1.67. The lowest BCUT2D eigenvalue weighted by Crippen LogP contribution is -2.59. The number of piperazine rings is 1. The van der Waals surface area contributed by atoms with E-state index in [0.717, 1.165) is 36.8 Å². The number of rotatable bonds is 9. The van der Waals surface area contributed by atoms with E-state index in [2.05, 4.69) is 20.8 Å². The number of amides is 2. The van der Waals surface area contributed by atoms with Crippen molar-refractivity contribution in [1.82, 2.24) is 29.7 Å². The number of anilines is 1. The molecule has 6 heterocycles. The fourth-order valence-corrected chi connectivity index (χ4v) is 9.41. The van der Waals surface area contributed by atoms with Crippen molar-refractivity contribution in [2.45, 2.75) is 75.3 Å². The number of aromatic hydroxyl groups is 1. The Morgan fingerprint density at radius 1 is 1.03 bits per heavy atom. The van der Waals surface area contributed by atoms with E-state index < -0.39 is 47.4 Å². The number of carbonyl (C=O) groups is 2. The van der Waals surface area contributed by atoms with Gasteiger partial charge in [0.15, 0.2) is 5.82 Å². The van der Waals surface area contributed by atoms with Crippen LogP contribution in [0.25, 0.3) is 32.9 Å². The Kier molecular flexibility index (Phi) is 10.3. The molecular weight excluding hydrogens is 781 g/mol. The van der Waals surface area contributed by atoms with Gasteiger partial charge < -0.3 is 34.0 Å². The molecule has 1 N–H and O–H groups in total. The number of terminal acetylenes is 1. The lowest BCUT2D eigenvalue weighted by molar-refractivity contribution is -0.188. The van der Waals surface area contributed by atoms with Gasteiger partial charge in [-0.1, -0.05) is 12.0 Å². The second kappa shape index (κ2) is 15.2. The maximum absolute atomic E-state index is 17.4. The molecule has 4 saturated heterocycles. The number of hydrogen-bond donors (Lipinski definition) is 1. The molecule has 4 aliphatic rings. The number of ether oxygens (including phenoxy) is 3. The molecule has 2 amide bonds. The molecule has 59 heavy (non-hydrogen) atoms. The number of aromatic nitrogens is 3. The number of fused-ring (bicyclic) bond motifs is 5. The molecule has 2 aromatic carbocycles. The number of phenols is 1. The molecule has 4 atom stereocenters. The van der Waals surface area contributed by atoms with Crippen LogP contribution in [0.5, 0.6) is 17.6 Å². The maximum atomic E-state index is 17.4. The van der Waals surface area contributed by atoms with Crippen LogP contribution in [0.1, 0.15) is 51.0 Å². The van der Waals surface area contributed by atoms with Gasteiger partial charge in [-0.3, -0.25) is 9.69 Å². The maximum Gasteiger partial charge on any atom is 0.471 e. The van der Waals surface area contributed by atoms with Crippen LogP contribution in [-0.2, 0) is 9.53 Å². The first-order chi connectivity index (χ1) is 28.1. The Morgan fingerprint density at radius 3 is 2.46 bits per heavy atom. The van der Waals surface area contributed by atoms with E-state index in [9.17, 15) is 27.9 Å². The van der Waals surface area contributed by atoms with Crippen LogP contribution >= 0.6 is 0 Å². The topological polar surface area (TPSA) is 134 Å². The molecule has 312 valence electrons. The van der Waals surface area contributed by atoms with Gasteiger partial charge in [0.2, 0.25) is 5.88 Å². The molecule has 0 radical (unpaired) electrons. The first kappa shape index (κ1) is 40.1. The molecule has 0 aliphatic carbocycles. The zero-order valence-electron chi connectivity index (χ0n) is 32.6. The number of hydrogen-bond acceptors (Lipinski definition) is 11. The Labute approximate surface area is 336 Å². The van der Waals surface area contributed by atoms with E-state index in [-0.39, 0.29) is 95.5 Å². The average molecular weight is 824 g/mol. The molecule has 18 heteroatoms. The summed E-state index contributed by atoms with van der Waals surface area (Å²) < 4.78 is 91.6. The molecule has 13 nitrogen and oxygen atoms in total. The van der Waals surface area contributed by atoms with E-state index >= 15 is 8.78 Å². The van der Waals surface area contributed by atoms with Crippen molar-refractivity contribution in [3.8, 4) is 41.2 Å². The molecule has 8 rings (SSSR count). The summed E-state index contributed by atoms with van der Waals surface area (Å²) in [6, 6.07) is 3.19. The van der Waals surface area contributed by atoms with Crippen LogP contribution < -0.4 is 14.4 Å². The predicted molar refractivity (Wildman–Crippen MR) is 205 cm³/mol. The van der Waals surface area contributed by atoms with Crippen molar-refractivity contribution in [3.63, 3.8) is 0 Å². The van der Waals surface area contributed by atoms with E-state index in [1.54, 1.807) is 25.9 Å². The lowest BCUT2D eigenvalue weighted by Gasteiger charge is -2.42. The molecule has 2 bridgehead atoms. The summed E-state index contributed by atoms with van der Waals surface area (Å²) in [4.78, 5) is 44.8. The van der Waals surface area contributed by atoms with Crippen molar-refractivity contribution >= 4 is 39.5 Å². The number of pyridine rings is 1. The van der Waals surface area contributed by atoms with Crippen LogP contribution in [-0.4, -0.2) is 130 Å². The SMILES string of the molecule is C#Cc1c(F)ccc2cc(O)cc(-c3nc(OCC)c4c(N5CC6CCC(C5)N6C(=O)C(F)(F)F)nc(OC[C@]56CCCN5[C@@H](COC(=O)N(C)C)CC6)nc4c3F)c12. The predicted octanol–water partition coefficient (Wildman–Crippen LogP) is 6.02. The number of phenolic OH excluding ortho intramolecular Hbond substituents is 1. The van der Waals surface area contributed by atoms with E-state index in [1.165, 1.54) is 23.1 Å². The highest BCUT2D eigenvalue weighted by molar-refractivity contribution is 6.04. The molecule has 4 aliphatic heterocycles. The summed E-state index contributed by atoms with van der Waals surface area (Å²) in [5, 5.41) is 11.2. The Balaban J connectivity index is 1.25. The summed E-state index contributed by atoms with van der Waals surface area (Å²) >= 11 is 0. The molecule has 2 aromatic heterocycles. The van der Waals surface area contributed by atoms with Crippen LogP contribution in [0.15, 0.2) is 24.3 Å². The molecule has 0 saturated carbocycles. The fourth-order valence-electron chi connectivity index (χ4n) is 9.41. The third kappa shape index (κ3) is 7.02. The molecule has 4 fully saturated rings. The second-order valence-electron chi connectivity index (χ2n) is 15.7. The summed E-state index contributed by atoms with van der Waals surface area (Å²) in [6.45, 7) is 2.61. The Hall–Kier alpha value is -5.70. The van der Waals surface area contributed by atoms with Crippen molar-refractivity contribution in [2.75, 3.05) is 58.5 Å². The van der Waals surface area contributed by atoms with Gasteiger partial charge in [0, 0.05) is 44.2 Å². The smallest absolute Gasteiger partial charge is 0.471 e. The summed E-state index contributed by atoms with van der Waals surface area (Å²) in [6.07, 6.45) is 3.91. The third-order valence-electron chi connectivity index (χ3n) is 12.0. The van der Waals surface area contributed by atoms with Crippen molar-refractivity contribution in [2.24, 2.45) is 0 Å². The molecule has 4 aromatic rings. The first-order valence-corrected chi connectivity index (χ1v) is 19.5. The number of carbonyl (C=O) groups excluding carboxylic acids is 2.